The Bertz CT molecular complexity index is 750. The van der Waals surface area contributed by atoms with Crippen LogP contribution in [0, 0.1) is 27.9 Å². The summed E-state index contributed by atoms with van der Waals surface area (Å²) in [7, 11) is 0. The van der Waals surface area contributed by atoms with Crippen LogP contribution in [0.4, 0.5) is 11.4 Å². The Morgan fingerprint density at radius 1 is 1.19 bits per heavy atom. The summed E-state index contributed by atoms with van der Waals surface area (Å²) in [6, 6.07) is 4.39. The summed E-state index contributed by atoms with van der Waals surface area (Å²) in [5.74, 6) is -0.770. The Balaban J connectivity index is 1.74. The average Bonchev–Trinajstić information content (AvgIpc) is 2.55. The molecule has 1 aliphatic carbocycles. The Morgan fingerprint density at radius 2 is 1.81 bits per heavy atom. The summed E-state index contributed by atoms with van der Waals surface area (Å²) in [4.78, 5) is 36.4. The van der Waals surface area contributed by atoms with Crippen LogP contribution in [-0.4, -0.2) is 41.0 Å². The number of carbonyl (C=O) groups is 2. The maximum Gasteiger partial charge on any atom is 0.306 e. The number of amides is 1. The third-order valence-corrected chi connectivity index (χ3v) is 5.47. The molecule has 8 nitrogen and oxygen atoms in total. The van der Waals surface area contributed by atoms with E-state index in [-0.39, 0.29) is 17.3 Å². The van der Waals surface area contributed by atoms with E-state index in [1.807, 2.05) is 4.90 Å². The fourth-order valence-corrected chi connectivity index (χ4v) is 4.14. The summed E-state index contributed by atoms with van der Waals surface area (Å²) in [5, 5.41) is 23.2. The maximum atomic E-state index is 12.4. The molecule has 0 radical (unpaired) electrons. The second-order valence-corrected chi connectivity index (χ2v) is 7.99. The third-order valence-electron chi connectivity index (χ3n) is 5.47. The molecule has 1 aliphatic heterocycles. The van der Waals surface area contributed by atoms with Crippen LogP contribution >= 0.6 is 0 Å². The van der Waals surface area contributed by atoms with Gasteiger partial charge in [0.1, 0.15) is 5.69 Å². The predicted molar refractivity (Wildman–Crippen MR) is 99.9 cm³/mol. The monoisotopic (exact) mass is 375 g/mol. The second-order valence-electron chi connectivity index (χ2n) is 7.99. The fourth-order valence-electron chi connectivity index (χ4n) is 4.14. The van der Waals surface area contributed by atoms with Crippen LogP contribution < -0.4 is 10.2 Å². The first-order valence-corrected chi connectivity index (χ1v) is 9.31. The number of piperidine rings is 1. The van der Waals surface area contributed by atoms with Gasteiger partial charge < -0.3 is 15.3 Å². The van der Waals surface area contributed by atoms with Crippen molar-refractivity contribution in [1.82, 2.24) is 5.32 Å². The van der Waals surface area contributed by atoms with Crippen LogP contribution in [0.5, 0.6) is 0 Å². The lowest BCUT2D eigenvalue weighted by Gasteiger charge is -2.36. The summed E-state index contributed by atoms with van der Waals surface area (Å²) in [6.45, 7) is 5.80. The molecular formula is C19H25N3O5. The summed E-state index contributed by atoms with van der Waals surface area (Å²) in [6.07, 6.45) is 1.89. The Kier molecular flexibility index (Phi) is 5.34. The first-order chi connectivity index (χ1) is 12.7. The molecule has 0 aromatic heterocycles. The van der Waals surface area contributed by atoms with Crippen LogP contribution in [0.1, 0.15) is 43.5 Å². The minimum absolute atomic E-state index is 0.0685. The molecule has 2 unspecified atom stereocenters. The van der Waals surface area contributed by atoms with E-state index in [2.05, 4.69) is 19.2 Å². The number of carbonyl (C=O) groups excluding carboxylic acids is 1. The molecular weight excluding hydrogens is 350 g/mol. The molecule has 2 N–H and O–H groups in total. The van der Waals surface area contributed by atoms with Crippen molar-refractivity contribution >= 4 is 23.3 Å². The molecule has 27 heavy (non-hydrogen) atoms. The number of hydrogen-bond acceptors (Lipinski definition) is 5. The van der Waals surface area contributed by atoms with Gasteiger partial charge in [-0.1, -0.05) is 13.8 Å². The van der Waals surface area contributed by atoms with Gasteiger partial charge in [0, 0.05) is 30.8 Å². The van der Waals surface area contributed by atoms with E-state index >= 15 is 0 Å². The molecule has 2 atom stereocenters. The quantitative estimate of drug-likeness (QED) is 0.604. The van der Waals surface area contributed by atoms with E-state index < -0.39 is 22.7 Å². The van der Waals surface area contributed by atoms with Gasteiger partial charge in [-0.15, -0.1) is 0 Å². The van der Waals surface area contributed by atoms with Crippen molar-refractivity contribution in [1.29, 1.82) is 0 Å². The summed E-state index contributed by atoms with van der Waals surface area (Å²) < 4.78 is 0. The number of nitrogens with one attached hydrogen (secondary N) is 1. The van der Waals surface area contributed by atoms with Gasteiger partial charge in [-0.25, -0.2) is 0 Å². The van der Waals surface area contributed by atoms with Gasteiger partial charge in [-0.2, -0.15) is 0 Å². The second kappa shape index (κ2) is 7.54. The molecule has 1 heterocycles. The van der Waals surface area contributed by atoms with Crippen molar-refractivity contribution in [2.24, 2.45) is 17.8 Å². The number of nitro benzene ring substituents is 1. The summed E-state index contributed by atoms with van der Waals surface area (Å²) in [5.41, 5.74) is 0.702. The Hall–Kier alpha value is -2.64. The van der Waals surface area contributed by atoms with Gasteiger partial charge in [0.05, 0.1) is 10.8 Å². The predicted octanol–water partition coefficient (Wildman–Crippen LogP) is 2.67. The van der Waals surface area contributed by atoms with Gasteiger partial charge >= 0.3 is 5.97 Å². The lowest BCUT2D eigenvalue weighted by Crippen LogP contribution is -2.46. The van der Waals surface area contributed by atoms with Crippen molar-refractivity contribution in [2.75, 3.05) is 18.0 Å². The molecule has 0 bridgehead atoms. The molecule has 1 amide bonds. The minimum atomic E-state index is -0.856. The zero-order chi connectivity index (χ0) is 19.7. The van der Waals surface area contributed by atoms with E-state index in [1.165, 1.54) is 6.07 Å². The molecule has 1 aromatic rings. The van der Waals surface area contributed by atoms with Crippen LogP contribution in [0.3, 0.4) is 0 Å². The highest BCUT2D eigenvalue weighted by Gasteiger charge is 2.35. The van der Waals surface area contributed by atoms with E-state index in [1.54, 1.807) is 12.1 Å². The van der Waals surface area contributed by atoms with Crippen LogP contribution in [-0.2, 0) is 4.79 Å². The van der Waals surface area contributed by atoms with Crippen molar-refractivity contribution < 1.29 is 19.6 Å². The topological polar surface area (TPSA) is 113 Å². The molecule has 1 saturated heterocycles. The summed E-state index contributed by atoms with van der Waals surface area (Å²) >= 11 is 0. The Labute approximate surface area is 157 Å². The highest BCUT2D eigenvalue weighted by Crippen LogP contribution is 2.34. The highest BCUT2D eigenvalue weighted by molar-refractivity contribution is 5.96. The average molecular weight is 375 g/mol. The van der Waals surface area contributed by atoms with Crippen LogP contribution in [0.15, 0.2) is 18.2 Å². The smallest absolute Gasteiger partial charge is 0.306 e. The lowest BCUT2D eigenvalue weighted by atomic mass is 9.80. The highest BCUT2D eigenvalue weighted by atomic mass is 16.6. The molecule has 1 aromatic carbocycles. The zero-order valence-corrected chi connectivity index (χ0v) is 15.6. The minimum Gasteiger partial charge on any atom is -0.481 e. The molecule has 1 saturated carbocycles. The number of carboxylic acid groups (broad SMARTS) is 1. The molecule has 8 heteroatoms. The fraction of sp³-hybridized carbons (Fsp3) is 0.579. The van der Waals surface area contributed by atoms with Gasteiger partial charge in [-0.3, -0.25) is 19.7 Å². The molecule has 3 rings (SSSR count). The number of aliphatic carboxylic acids is 1. The lowest BCUT2D eigenvalue weighted by molar-refractivity contribution is -0.384. The van der Waals surface area contributed by atoms with Crippen molar-refractivity contribution in [2.45, 2.75) is 39.2 Å². The Morgan fingerprint density at radius 3 is 2.37 bits per heavy atom. The first kappa shape index (κ1) is 19.1. The van der Waals surface area contributed by atoms with Gasteiger partial charge in [0.15, 0.2) is 0 Å². The van der Waals surface area contributed by atoms with E-state index in [0.29, 0.717) is 30.4 Å². The van der Waals surface area contributed by atoms with Gasteiger partial charge in [-0.05, 0) is 43.2 Å². The molecule has 2 aliphatic rings. The number of nitro groups is 1. The number of nitrogens with zero attached hydrogens (tertiary/aromatic N) is 2. The number of rotatable bonds is 5. The molecule has 146 valence electrons. The van der Waals surface area contributed by atoms with Gasteiger partial charge in [0.2, 0.25) is 0 Å². The molecule has 0 spiro atoms. The van der Waals surface area contributed by atoms with E-state index in [0.717, 1.165) is 19.5 Å². The van der Waals surface area contributed by atoms with Gasteiger partial charge in [0.25, 0.3) is 11.6 Å². The van der Waals surface area contributed by atoms with Crippen LogP contribution in [0.2, 0.25) is 0 Å². The van der Waals surface area contributed by atoms with Crippen molar-refractivity contribution in [3.63, 3.8) is 0 Å². The van der Waals surface area contributed by atoms with Crippen molar-refractivity contribution in [3.05, 3.63) is 33.9 Å². The maximum absolute atomic E-state index is 12.4. The van der Waals surface area contributed by atoms with E-state index in [4.69, 9.17) is 5.11 Å². The number of carboxylic acids is 1. The number of hydrogen-bond donors (Lipinski definition) is 2. The standard InChI is InChI=1S/C19H25N3O5/c1-11-5-12(2)10-21(9-11)16-4-3-13(8-17(16)22(26)27)18(23)20-15-6-14(7-15)19(24)25/h3-4,8,11-12,14-15H,5-7,9-10H2,1-2H3,(H,20,23)(H,24,25). The van der Waals surface area contributed by atoms with Crippen molar-refractivity contribution in [3.8, 4) is 0 Å². The number of benzene rings is 1. The molecule has 2 fully saturated rings. The van der Waals surface area contributed by atoms with Crippen LogP contribution in [0.25, 0.3) is 0 Å². The first-order valence-electron chi connectivity index (χ1n) is 9.31. The normalized spacial score (nSPS) is 27.6. The SMILES string of the molecule is CC1CC(C)CN(c2ccc(C(=O)NC3CC(C(=O)O)C3)cc2[N+](=O)[O-])C1. The number of anilines is 1. The largest absolute Gasteiger partial charge is 0.481 e. The zero-order valence-electron chi connectivity index (χ0n) is 15.6. The van der Waals surface area contributed by atoms with E-state index in [9.17, 15) is 19.7 Å². The third kappa shape index (κ3) is 4.20.